The van der Waals surface area contributed by atoms with E-state index in [1.165, 1.54) is 18.0 Å². The molecule has 1 saturated heterocycles. The van der Waals surface area contributed by atoms with Crippen LogP contribution in [0.4, 0.5) is 4.79 Å². The van der Waals surface area contributed by atoms with Crippen LogP contribution in [0.25, 0.3) is 0 Å². The van der Waals surface area contributed by atoms with E-state index in [0.29, 0.717) is 11.5 Å². The summed E-state index contributed by atoms with van der Waals surface area (Å²) in [6, 6.07) is 3.29. The molecule has 0 saturated carbocycles. The van der Waals surface area contributed by atoms with Gasteiger partial charge in [0.1, 0.15) is 0 Å². The number of nitrogens with two attached hydrogens (primary N) is 1. The second-order valence-electron chi connectivity index (χ2n) is 3.10. The maximum absolute atomic E-state index is 11.3. The van der Waals surface area contributed by atoms with Gasteiger partial charge in [-0.1, -0.05) is 11.8 Å². The first-order valence-electron chi connectivity index (χ1n) is 4.66. The fourth-order valence-electron chi connectivity index (χ4n) is 1.15. The molecular formula is C9H13Cl2N3O3S. The minimum atomic E-state index is -0.771. The quantitative estimate of drug-likeness (QED) is 0.797. The number of nitrogens with one attached hydrogen (secondary N) is 1. The largest absolute Gasteiger partial charge is 0.516 e. The number of halogens is 2. The molecule has 1 aliphatic heterocycles. The summed E-state index contributed by atoms with van der Waals surface area (Å²) in [5, 5.41) is 2.87. The van der Waals surface area contributed by atoms with E-state index in [2.05, 4.69) is 10.3 Å². The van der Waals surface area contributed by atoms with Gasteiger partial charge in [-0.25, -0.2) is 4.79 Å². The summed E-state index contributed by atoms with van der Waals surface area (Å²) in [6.45, 7) is 0. The molecule has 1 fully saturated rings. The molecular weight excluding hydrogens is 301 g/mol. The van der Waals surface area contributed by atoms with Crippen LogP contribution in [0.3, 0.4) is 0 Å². The minimum Gasteiger partial charge on any atom is -0.405 e. The number of carbonyl (C=O) groups is 1. The third-order valence-corrected chi connectivity index (χ3v) is 2.90. The fraction of sp³-hybridized carbons (Fsp3) is 0.333. The summed E-state index contributed by atoms with van der Waals surface area (Å²) in [5.41, 5.74) is 5.13. The Balaban J connectivity index is 0.00000144. The molecule has 1 aromatic heterocycles. The average molecular weight is 314 g/mol. The van der Waals surface area contributed by atoms with Crippen molar-refractivity contribution < 1.29 is 14.3 Å². The number of thioether (sulfide) groups is 1. The smallest absolute Gasteiger partial charge is 0.405 e. The van der Waals surface area contributed by atoms with Crippen molar-refractivity contribution in [2.24, 2.45) is 5.73 Å². The summed E-state index contributed by atoms with van der Waals surface area (Å²) in [7, 11) is 0. The van der Waals surface area contributed by atoms with Gasteiger partial charge in [-0.15, -0.1) is 24.8 Å². The van der Waals surface area contributed by atoms with Crippen LogP contribution < -0.4 is 15.8 Å². The molecule has 0 radical (unpaired) electrons. The number of ether oxygens (including phenoxy) is 2. The highest BCUT2D eigenvalue weighted by molar-refractivity contribution is 8.00. The molecule has 0 spiro atoms. The van der Waals surface area contributed by atoms with Gasteiger partial charge in [-0.2, -0.15) is 0 Å². The van der Waals surface area contributed by atoms with Crippen LogP contribution in [-0.4, -0.2) is 28.6 Å². The van der Waals surface area contributed by atoms with Crippen LogP contribution in [-0.2, 0) is 4.74 Å². The van der Waals surface area contributed by atoms with Gasteiger partial charge in [0.15, 0.2) is 5.75 Å². The molecule has 2 rings (SSSR count). The Morgan fingerprint density at radius 2 is 2.33 bits per heavy atom. The lowest BCUT2D eigenvalue weighted by molar-refractivity contribution is 0.0792. The lowest BCUT2D eigenvalue weighted by Crippen LogP contribution is -2.39. The van der Waals surface area contributed by atoms with Crippen LogP contribution in [0, 0.1) is 0 Å². The molecule has 2 unspecified atom stereocenters. The third-order valence-electron chi connectivity index (χ3n) is 1.82. The second-order valence-corrected chi connectivity index (χ2v) is 4.19. The molecule has 2 atom stereocenters. The third kappa shape index (κ3) is 5.28. The summed E-state index contributed by atoms with van der Waals surface area (Å²) in [5.74, 6) is 1.05. The van der Waals surface area contributed by atoms with Gasteiger partial charge in [-0.3, -0.25) is 10.3 Å². The fourth-order valence-corrected chi connectivity index (χ4v) is 2.04. The Morgan fingerprint density at radius 1 is 1.56 bits per heavy atom. The van der Waals surface area contributed by atoms with Gasteiger partial charge in [0, 0.05) is 11.9 Å². The van der Waals surface area contributed by atoms with E-state index < -0.39 is 11.7 Å². The number of nitrogens with zero attached hydrogens (tertiary/aromatic N) is 1. The normalized spacial score (nSPS) is 21.4. The second kappa shape index (κ2) is 8.39. The van der Waals surface area contributed by atoms with Crippen molar-refractivity contribution in [3.8, 4) is 5.75 Å². The van der Waals surface area contributed by atoms with Crippen LogP contribution in [0.5, 0.6) is 5.75 Å². The Bertz CT molecular complexity index is 371. The SMILES string of the molecule is Cl.Cl.NC1CSC(OC(=O)Oc2cccnc2)N1. The number of rotatable bonds is 2. The Hall–Kier alpha value is -0.730. The lowest BCUT2D eigenvalue weighted by Gasteiger charge is -2.11. The molecule has 2 heterocycles. The van der Waals surface area contributed by atoms with E-state index in [0.717, 1.165) is 0 Å². The number of hydrogen-bond donors (Lipinski definition) is 2. The van der Waals surface area contributed by atoms with Crippen molar-refractivity contribution in [3.63, 3.8) is 0 Å². The molecule has 1 aromatic rings. The van der Waals surface area contributed by atoms with Gasteiger partial charge in [0.25, 0.3) is 0 Å². The van der Waals surface area contributed by atoms with Crippen LogP contribution >= 0.6 is 36.6 Å². The van der Waals surface area contributed by atoms with Gasteiger partial charge < -0.3 is 15.2 Å². The molecule has 18 heavy (non-hydrogen) atoms. The van der Waals surface area contributed by atoms with E-state index in [1.54, 1.807) is 18.3 Å². The highest BCUT2D eigenvalue weighted by Crippen LogP contribution is 2.18. The van der Waals surface area contributed by atoms with E-state index in [-0.39, 0.29) is 31.0 Å². The standard InChI is InChI=1S/C9H11N3O3S.2ClH/c10-7-5-16-8(12-7)15-9(13)14-6-2-1-3-11-4-6;;/h1-4,7-8,12H,5,10H2;2*1H. The molecule has 6 nitrogen and oxygen atoms in total. The lowest BCUT2D eigenvalue weighted by atomic mass is 10.5. The zero-order valence-electron chi connectivity index (χ0n) is 9.15. The maximum Gasteiger partial charge on any atom is 0.516 e. The molecule has 0 bridgehead atoms. The van der Waals surface area contributed by atoms with Crippen molar-refractivity contribution in [1.29, 1.82) is 0 Å². The monoisotopic (exact) mass is 313 g/mol. The Labute approximate surface area is 121 Å². The zero-order chi connectivity index (χ0) is 11.4. The first-order chi connectivity index (χ1) is 7.74. The van der Waals surface area contributed by atoms with Gasteiger partial charge in [-0.05, 0) is 12.1 Å². The molecule has 1 aliphatic rings. The van der Waals surface area contributed by atoms with Crippen LogP contribution in [0.1, 0.15) is 0 Å². The summed E-state index contributed by atoms with van der Waals surface area (Å²) in [4.78, 5) is 15.1. The Kier molecular flexibility index (Phi) is 8.05. The molecule has 3 N–H and O–H groups in total. The number of aromatic nitrogens is 1. The first kappa shape index (κ1) is 17.3. The highest BCUT2D eigenvalue weighted by Gasteiger charge is 2.25. The Morgan fingerprint density at radius 3 is 2.89 bits per heavy atom. The van der Waals surface area contributed by atoms with Crippen molar-refractivity contribution in [3.05, 3.63) is 24.5 Å². The number of pyridine rings is 1. The molecule has 0 aliphatic carbocycles. The molecule has 102 valence electrons. The van der Waals surface area contributed by atoms with Gasteiger partial charge in [0.2, 0.25) is 5.56 Å². The molecule has 0 aromatic carbocycles. The number of carbonyl (C=O) groups excluding carboxylic acids is 1. The first-order valence-corrected chi connectivity index (χ1v) is 5.70. The highest BCUT2D eigenvalue weighted by atomic mass is 35.5. The van der Waals surface area contributed by atoms with Crippen molar-refractivity contribution in [2.75, 3.05) is 5.75 Å². The van der Waals surface area contributed by atoms with E-state index in [1.807, 2.05) is 0 Å². The predicted octanol–water partition coefficient (Wildman–Crippen LogP) is 1.35. The van der Waals surface area contributed by atoms with Crippen molar-refractivity contribution >= 4 is 42.7 Å². The topological polar surface area (TPSA) is 86.5 Å². The summed E-state index contributed by atoms with van der Waals surface area (Å²) in [6.07, 6.45) is 2.10. The molecule has 0 amide bonds. The van der Waals surface area contributed by atoms with E-state index in [4.69, 9.17) is 15.2 Å². The van der Waals surface area contributed by atoms with Crippen molar-refractivity contribution in [2.45, 2.75) is 11.7 Å². The molecule has 9 heteroatoms. The van der Waals surface area contributed by atoms with Gasteiger partial charge in [0.05, 0.1) is 12.4 Å². The maximum atomic E-state index is 11.3. The van der Waals surface area contributed by atoms with Crippen LogP contribution in [0.2, 0.25) is 0 Å². The summed E-state index contributed by atoms with van der Waals surface area (Å²) < 4.78 is 9.86. The zero-order valence-corrected chi connectivity index (χ0v) is 11.6. The minimum absolute atomic E-state index is 0. The average Bonchev–Trinajstić information content (AvgIpc) is 2.65. The van der Waals surface area contributed by atoms with Gasteiger partial charge >= 0.3 is 6.16 Å². The van der Waals surface area contributed by atoms with E-state index >= 15 is 0 Å². The van der Waals surface area contributed by atoms with Crippen LogP contribution in [0.15, 0.2) is 24.5 Å². The number of hydrogen-bond acceptors (Lipinski definition) is 7. The van der Waals surface area contributed by atoms with Crippen molar-refractivity contribution in [1.82, 2.24) is 10.3 Å². The predicted molar refractivity (Wildman–Crippen MR) is 73.2 cm³/mol. The summed E-state index contributed by atoms with van der Waals surface area (Å²) >= 11 is 1.41. The van der Waals surface area contributed by atoms with E-state index in [9.17, 15) is 4.79 Å².